The minimum Gasteiger partial charge on any atom is -0.281 e. The number of unbranched alkanes of at least 4 members (excludes halogenated alkanes) is 2. The van der Waals surface area contributed by atoms with Crippen LogP contribution in [0.5, 0.6) is 0 Å². The second kappa shape index (κ2) is 5.80. The maximum Gasteiger partial charge on any atom is 0.256 e. The highest BCUT2D eigenvalue weighted by Gasteiger charge is 2.27. The molecule has 0 unspecified atom stereocenters. The van der Waals surface area contributed by atoms with Crippen molar-refractivity contribution in [1.29, 1.82) is 0 Å². The Kier molecular flexibility index (Phi) is 4.68. The quantitative estimate of drug-likeness (QED) is 0.405. The van der Waals surface area contributed by atoms with E-state index in [9.17, 15) is 14.4 Å². The van der Waals surface area contributed by atoms with E-state index in [1.807, 2.05) is 0 Å². The van der Waals surface area contributed by atoms with Gasteiger partial charge in [-0.15, -0.1) is 0 Å². The number of nitrogens with zero attached hydrogens (tertiary/aromatic N) is 1. The van der Waals surface area contributed by atoms with Gasteiger partial charge in [0.1, 0.15) is 0 Å². The summed E-state index contributed by atoms with van der Waals surface area (Å²) < 4.78 is 0. The summed E-state index contributed by atoms with van der Waals surface area (Å²) in [6, 6.07) is 0. The molecule has 0 saturated carbocycles. The molecule has 1 aliphatic rings. The first-order chi connectivity index (χ1) is 7.52. The number of amides is 2. The van der Waals surface area contributed by atoms with Crippen LogP contribution in [0.25, 0.3) is 0 Å². The minimum absolute atomic E-state index is 0.210. The van der Waals surface area contributed by atoms with Gasteiger partial charge in [-0.1, -0.05) is 6.42 Å². The van der Waals surface area contributed by atoms with Gasteiger partial charge in [-0.3, -0.25) is 19.3 Å². The summed E-state index contributed by atoms with van der Waals surface area (Å²) >= 11 is 5.18. The average Bonchev–Trinajstić information content (AvgIpc) is 2.43. The van der Waals surface area contributed by atoms with Gasteiger partial charge in [0.2, 0.25) is 5.24 Å². The summed E-state index contributed by atoms with van der Waals surface area (Å²) in [5.41, 5.74) is 0.487. The Bertz CT molecular complexity index is 349. The first-order valence-corrected chi connectivity index (χ1v) is 5.62. The van der Waals surface area contributed by atoms with Crippen molar-refractivity contribution in [1.82, 2.24) is 4.90 Å². The smallest absolute Gasteiger partial charge is 0.256 e. The molecule has 4 nitrogen and oxygen atoms in total. The van der Waals surface area contributed by atoms with Crippen molar-refractivity contribution in [2.45, 2.75) is 32.6 Å². The summed E-state index contributed by atoms with van der Waals surface area (Å²) in [6.07, 6.45) is 3.90. The van der Waals surface area contributed by atoms with Gasteiger partial charge in [-0.05, 0) is 31.4 Å². The number of rotatable bonds is 6. The molecule has 0 bridgehead atoms. The lowest BCUT2D eigenvalue weighted by molar-refractivity contribution is -0.137. The first-order valence-electron chi connectivity index (χ1n) is 5.25. The number of carbonyl (C=O) groups is 3. The fourth-order valence-corrected chi connectivity index (χ4v) is 1.69. The highest BCUT2D eigenvalue weighted by Crippen LogP contribution is 2.13. The second-order valence-corrected chi connectivity index (χ2v) is 4.21. The van der Waals surface area contributed by atoms with Crippen LogP contribution in [-0.2, 0) is 14.4 Å². The predicted molar refractivity (Wildman–Crippen MR) is 59.8 cm³/mol. The summed E-state index contributed by atoms with van der Waals surface area (Å²) in [4.78, 5) is 34.5. The molecule has 1 heterocycles. The van der Waals surface area contributed by atoms with Crippen LogP contribution in [0.4, 0.5) is 0 Å². The fraction of sp³-hybridized carbons (Fsp3) is 0.545. The Labute approximate surface area is 99.2 Å². The molecule has 0 aromatic rings. The average molecular weight is 244 g/mol. The van der Waals surface area contributed by atoms with Crippen molar-refractivity contribution < 1.29 is 14.4 Å². The van der Waals surface area contributed by atoms with E-state index in [1.165, 1.54) is 11.0 Å². The molecule has 0 aliphatic carbocycles. The normalized spacial score (nSPS) is 15.6. The van der Waals surface area contributed by atoms with Crippen LogP contribution in [0.1, 0.15) is 32.6 Å². The van der Waals surface area contributed by atoms with Gasteiger partial charge in [-0.2, -0.15) is 0 Å². The van der Waals surface area contributed by atoms with Crippen molar-refractivity contribution in [3.63, 3.8) is 0 Å². The molecule has 0 saturated heterocycles. The molecule has 0 aromatic carbocycles. The molecule has 2 amide bonds. The minimum atomic E-state index is -0.342. The largest absolute Gasteiger partial charge is 0.281 e. The zero-order valence-electron chi connectivity index (χ0n) is 9.16. The number of halogens is 1. The molecule has 0 radical (unpaired) electrons. The van der Waals surface area contributed by atoms with Crippen molar-refractivity contribution in [3.05, 3.63) is 11.6 Å². The third-order valence-electron chi connectivity index (χ3n) is 2.44. The van der Waals surface area contributed by atoms with E-state index in [4.69, 9.17) is 11.6 Å². The molecule has 1 rings (SSSR count). The Balaban J connectivity index is 2.22. The SMILES string of the molecule is CC1=CC(=O)N(CCCCCC(=O)Cl)C1=O. The Hall–Kier alpha value is -1.16. The van der Waals surface area contributed by atoms with Gasteiger partial charge in [0.05, 0.1) is 0 Å². The molecular formula is C11H14ClNO3. The zero-order valence-corrected chi connectivity index (χ0v) is 9.92. The topological polar surface area (TPSA) is 54.5 Å². The molecule has 5 heteroatoms. The van der Waals surface area contributed by atoms with Crippen LogP contribution < -0.4 is 0 Å². The van der Waals surface area contributed by atoms with Crippen molar-refractivity contribution >= 4 is 28.7 Å². The van der Waals surface area contributed by atoms with Crippen LogP contribution in [0, 0.1) is 0 Å². The highest BCUT2D eigenvalue weighted by molar-refractivity contribution is 6.63. The lowest BCUT2D eigenvalue weighted by atomic mass is 10.2. The van der Waals surface area contributed by atoms with Gasteiger partial charge in [0.15, 0.2) is 0 Å². The summed E-state index contributed by atoms with van der Waals surface area (Å²) in [7, 11) is 0. The number of carbonyl (C=O) groups excluding carboxylic acids is 3. The number of hydrogen-bond acceptors (Lipinski definition) is 3. The molecule has 1 aliphatic heterocycles. The van der Waals surface area contributed by atoms with Gasteiger partial charge in [0.25, 0.3) is 11.8 Å². The molecular weight excluding hydrogens is 230 g/mol. The van der Waals surface area contributed by atoms with Crippen LogP contribution in [0.3, 0.4) is 0 Å². The van der Waals surface area contributed by atoms with Gasteiger partial charge >= 0.3 is 0 Å². The van der Waals surface area contributed by atoms with E-state index < -0.39 is 0 Å². The Morgan fingerprint density at radius 1 is 1.31 bits per heavy atom. The maximum atomic E-state index is 11.4. The molecule has 0 spiro atoms. The van der Waals surface area contributed by atoms with Crippen molar-refractivity contribution in [2.75, 3.05) is 6.54 Å². The number of hydrogen-bond donors (Lipinski definition) is 0. The van der Waals surface area contributed by atoms with E-state index >= 15 is 0 Å². The van der Waals surface area contributed by atoms with Gasteiger partial charge < -0.3 is 0 Å². The van der Waals surface area contributed by atoms with E-state index in [-0.39, 0.29) is 17.1 Å². The molecule has 0 atom stereocenters. The zero-order chi connectivity index (χ0) is 12.1. The highest BCUT2D eigenvalue weighted by atomic mass is 35.5. The first kappa shape index (κ1) is 12.9. The maximum absolute atomic E-state index is 11.4. The molecule has 0 aromatic heterocycles. The predicted octanol–water partition coefficient (Wildman–Crippen LogP) is 1.63. The van der Waals surface area contributed by atoms with Crippen molar-refractivity contribution in [3.8, 4) is 0 Å². The third-order valence-corrected chi connectivity index (χ3v) is 2.63. The fourth-order valence-electron chi connectivity index (χ4n) is 1.56. The number of imide groups is 1. The lowest BCUT2D eigenvalue weighted by Gasteiger charge is -2.13. The Morgan fingerprint density at radius 2 is 2.00 bits per heavy atom. The molecule has 0 N–H and O–H groups in total. The van der Waals surface area contributed by atoms with Crippen LogP contribution in [-0.4, -0.2) is 28.5 Å². The molecule has 88 valence electrons. The van der Waals surface area contributed by atoms with Crippen LogP contribution in [0.2, 0.25) is 0 Å². The van der Waals surface area contributed by atoms with Crippen LogP contribution >= 0.6 is 11.6 Å². The van der Waals surface area contributed by atoms with Gasteiger partial charge in [0, 0.05) is 24.6 Å². The summed E-state index contributed by atoms with van der Waals surface area (Å²) in [5.74, 6) is -0.450. The van der Waals surface area contributed by atoms with E-state index in [0.717, 1.165) is 6.42 Å². The standard InChI is InChI=1S/C11H14ClNO3/c1-8-7-10(15)13(11(8)16)6-4-2-3-5-9(12)14/h7H,2-6H2,1H3. The summed E-state index contributed by atoms with van der Waals surface area (Å²) in [6.45, 7) is 2.05. The van der Waals surface area contributed by atoms with Gasteiger partial charge in [-0.25, -0.2) is 0 Å². The van der Waals surface area contributed by atoms with E-state index in [1.54, 1.807) is 6.92 Å². The second-order valence-electron chi connectivity index (χ2n) is 3.79. The third kappa shape index (κ3) is 3.45. The van der Waals surface area contributed by atoms with Crippen LogP contribution in [0.15, 0.2) is 11.6 Å². The lowest BCUT2D eigenvalue weighted by Crippen LogP contribution is -2.31. The van der Waals surface area contributed by atoms with E-state index in [0.29, 0.717) is 31.4 Å². The molecule has 0 fully saturated rings. The summed E-state index contributed by atoms with van der Waals surface area (Å²) in [5, 5.41) is -0.342. The van der Waals surface area contributed by atoms with E-state index in [2.05, 4.69) is 0 Å². The molecule has 16 heavy (non-hydrogen) atoms. The Morgan fingerprint density at radius 3 is 2.50 bits per heavy atom. The monoisotopic (exact) mass is 243 g/mol. The van der Waals surface area contributed by atoms with Crippen molar-refractivity contribution in [2.24, 2.45) is 0 Å².